The molecule has 0 aliphatic carbocycles. The van der Waals surface area contributed by atoms with Crippen molar-refractivity contribution in [1.82, 2.24) is 15.3 Å². The second kappa shape index (κ2) is 5.84. The second-order valence-electron chi connectivity index (χ2n) is 4.21. The van der Waals surface area contributed by atoms with Gasteiger partial charge in [0, 0.05) is 26.3 Å². The van der Waals surface area contributed by atoms with Crippen LogP contribution in [0.4, 0.5) is 5.82 Å². The zero-order valence-corrected chi connectivity index (χ0v) is 12.3. The number of aromatic nitrogens is 2. The molecule has 1 aromatic rings. The molecule has 2 rings (SSSR count). The molecule has 18 heavy (non-hydrogen) atoms. The molecule has 7 heteroatoms. The first-order valence-corrected chi connectivity index (χ1v) is 6.93. The highest BCUT2D eigenvalue weighted by molar-refractivity contribution is 9.10. The number of rotatable bonds is 2. The fourth-order valence-corrected chi connectivity index (χ4v) is 2.72. The van der Waals surface area contributed by atoms with Crippen LogP contribution < -0.4 is 10.2 Å². The average Bonchev–Trinajstić information content (AvgIpc) is 2.40. The number of piperidine rings is 1. The molecule has 1 atom stereocenters. The summed E-state index contributed by atoms with van der Waals surface area (Å²) < 4.78 is 0.796. The zero-order valence-electron chi connectivity index (χ0n) is 9.99. The SMILES string of the molecule is CNC(=O)C1CCCN(c2nc(Cl)ncc2Br)C1. The van der Waals surface area contributed by atoms with E-state index in [1.807, 2.05) is 0 Å². The number of nitrogens with one attached hydrogen (secondary N) is 1. The Morgan fingerprint density at radius 2 is 2.44 bits per heavy atom. The molecule has 1 saturated heterocycles. The number of halogens is 2. The van der Waals surface area contributed by atoms with Crippen molar-refractivity contribution in [2.24, 2.45) is 5.92 Å². The van der Waals surface area contributed by atoms with Crippen molar-refractivity contribution in [2.45, 2.75) is 12.8 Å². The van der Waals surface area contributed by atoms with Gasteiger partial charge in [-0.3, -0.25) is 4.79 Å². The van der Waals surface area contributed by atoms with E-state index in [4.69, 9.17) is 11.6 Å². The largest absolute Gasteiger partial charge is 0.359 e. The minimum atomic E-state index is 0.00407. The van der Waals surface area contributed by atoms with E-state index in [1.54, 1.807) is 13.2 Å². The van der Waals surface area contributed by atoms with E-state index >= 15 is 0 Å². The van der Waals surface area contributed by atoms with E-state index in [-0.39, 0.29) is 17.1 Å². The molecule has 0 spiro atoms. The summed E-state index contributed by atoms with van der Waals surface area (Å²) in [5.74, 6) is 0.837. The highest BCUT2D eigenvalue weighted by Crippen LogP contribution is 2.28. The number of nitrogens with zero attached hydrogens (tertiary/aromatic N) is 3. The highest BCUT2D eigenvalue weighted by atomic mass is 79.9. The van der Waals surface area contributed by atoms with E-state index < -0.39 is 0 Å². The van der Waals surface area contributed by atoms with Gasteiger partial charge in [0.25, 0.3) is 0 Å². The third-order valence-electron chi connectivity index (χ3n) is 3.03. The second-order valence-corrected chi connectivity index (χ2v) is 5.40. The van der Waals surface area contributed by atoms with Crippen molar-refractivity contribution in [1.29, 1.82) is 0 Å². The van der Waals surface area contributed by atoms with Crippen LogP contribution in [0.25, 0.3) is 0 Å². The van der Waals surface area contributed by atoms with Crippen molar-refractivity contribution < 1.29 is 4.79 Å². The number of amides is 1. The number of hydrogen-bond donors (Lipinski definition) is 1. The number of carbonyl (C=O) groups excluding carboxylic acids is 1. The van der Waals surface area contributed by atoms with Crippen LogP contribution in [0.15, 0.2) is 10.7 Å². The average molecular weight is 334 g/mol. The molecule has 1 aromatic heterocycles. The van der Waals surface area contributed by atoms with Gasteiger partial charge in [-0.1, -0.05) is 0 Å². The van der Waals surface area contributed by atoms with E-state index in [1.165, 1.54) is 0 Å². The molecule has 1 fully saturated rings. The summed E-state index contributed by atoms with van der Waals surface area (Å²) in [7, 11) is 1.67. The predicted molar refractivity (Wildman–Crippen MR) is 73.7 cm³/mol. The monoisotopic (exact) mass is 332 g/mol. The summed E-state index contributed by atoms with van der Waals surface area (Å²) in [5.41, 5.74) is 0. The number of carbonyl (C=O) groups is 1. The lowest BCUT2D eigenvalue weighted by Crippen LogP contribution is -2.42. The zero-order chi connectivity index (χ0) is 13.1. The molecule has 1 unspecified atom stereocenters. The van der Waals surface area contributed by atoms with E-state index in [2.05, 4.69) is 36.1 Å². The van der Waals surface area contributed by atoms with Crippen LogP contribution in [-0.2, 0) is 4.79 Å². The topological polar surface area (TPSA) is 58.1 Å². The van der Waals surface area contributed by atoms with Crippen molar-refractivity contribution in [2.75, 3.05) is 25.0 Å². The summed E-state index contributed by atoms with van der Waals surface area (Å²) in [4.78, 5) is 21.9. The normalized spacial score (nSPS) is 19.7. The Hall–Kier alpha value is -0.880. The Bertz CT molecular complexity index is 457. The smallest absolute Gasteiger partial charge is 0.224 e. The lowest BCUT2D eigenvalue weighted by molar-refractivity contribution is -0.124. The van der Waals surface area contributed by atoms with Crippen molar-refractivity contribution >= 4 is 39.3 Å². The summed E-state index contributed by atoms with van der Waals surface area (Å²) in [5, 5.41) is 2.91. The minimum Gasteiger partial charge on any atom is -0.359 e. The van der Waals surface area contributed by atoms with Gasteiger partial charge < -0.3 is 10.2 Å². The van der Waals surface area contributed by atoms with E-state index in [0.29, 0.717) is 6.54 Å². The lowest BCUT2D eigenvalue weighted by Gasteiger charge is -2.33. The summed E-state index contributed by atoms with van der Waals surface area (Å²) in [6, 6.07) is 0. The van der Waals surface area contributed by atoms with Gasteiger partial charge in [0.1, 0.15) is 5.82 Å². The van der Waals surface area contributed by atoms with Gasteiger partial charge in [0.2, 0.25) is 11.2 Å². The van der Waals surface area contributed by atoms with Crippen LogP contribution >= 0.6 is 27.5 Å². The number of anilines is 1. The fourth-order valence-electron chi connectivity index (χ4n) is 2.15. The molecular weight excluding hydrogens is 320 g/mol. The quantitative estimate of drug-likeness (QED) is 0.839. The Balaban J connectivity index is 2.18. The maximum atomic E-state index is 11.7. The minimum absolute atomic E-state index is 0.00407. The summed E-state index contributed by atoms with van der Waals surface area (Å²) in [6.45, 7) is 1.53. The first kappa shape index (κ1) is 13.5. The molecule has 98 valence electrons. The number of hydrogen-bond acceptors (Lipinski definition) is 4. The summed E-state index contributed by atoms with van der Waals surface area (Å²) in [6.07, 6.45) is 3.51. The molecule has 5 nitrogen and oxygen atoms in total. The molecule has 0 radical (unpaired) electrons. The van der Waals surface area contributed by atoms with Crippen molar-refractivity contribution in [3.8, 4) is 0 Å². The maximum Gasteiger partial charge on any atom is 0.224 e. The van der Waals surface area contributed by atoms with Crippen molar-refractivity contribution in [3.63, 3.8) is 0 Å². The van der Waals surface area contributed by atoms with Crippen molar-refractivity contribution in [3.05, 3.63) is 16.0 Å². The van der Waals surface area contributed by atoms with E-state index in [0.717, 1.165) is 29.7 Å². The molecule has 0 saturated carbocycles. The van der Waals surface area contributed by atoms with Gasteiger partial charge in [-0.05, 0) is 40.4 Å². The third-order valence-corrected chi connectivity index (χ3v) is 3.78. The van der Waals surface area contributed by atoms with Gasteiger partial charge in [-0.15, -0.1) is 0 Å². The Morgan fingerprint density at radius 1 is 1.67 bits per heavy atom. The predicted octanol–water partition coefficient (Wildman–Crippen LogP) is 1.85. The maximum absolute atomic E-state index is 11.7. The molecule has 2 heterocycles. The van der Waals surface area contributed by atoms with Crippen LogP contribution in [0.5, 0.6) is 0 Å². The standard InChI is InChI=1S/C11H14BrClN4O/c1-14-10(18)7-3-2-4-17(6-7)9-8(12)5-15-11(13)16-9/h5,7H,2-4,6H2,1H3,(H,14,18). The van der Waals surface area contributed by atoms with Gasteiger partial charge in [0.15, 0.2) is 0 Å². The molecule has 0 bridgehead atoms. The Morgan fingerprint density at radius 3 is 3.17 bits per heavy atom. The molecule has 1 N–H and O–H groups in total. The van der Waals surface area contributed by atoms with E-state index in [9.17, 15) is 4.79 Å². The van der Waals surface area contributed by atoms with Crippen LogP contribution in [0.2, 0.25) is 5.28 Å². The Labute approximate surface area is 119 Å². The van der Waals surface area contributed by atoms with Gasteiger partial charge in [0.05, 0.1) is 10.4 Å². The Kier molecular flexibility index (Phi) is 4.40. The van der Waals surface area contributed by atoms with Gasteiger partial charge in [-0.2, -0.15) is 4.98 Å². The first-order valence-electron chi connectivity index (χ1n) is 5.76. The molecule has 1 amide bonds. The highest BCUT2D eigenvalue weighted by Gasteiger charge is 2.26. The van der Waals surface area contributed by atoms with Gasteiger partial charge >= 0.3 is 0 Å². The van der Waals surface area contributed by atoms with Crippen LogP contribution in [0, 0.1) is 5.92 Å². The van der Waals surface area contributed by atoms with Gasteiger partial charge in [-0.25, -0.2) is 4.98 Å². The van der Waals surface area contributed by atoms with Crippen LogP contribution in [0.3, 0.4) is 0 Å². The summed E-state index contributed by atoms with van der Waals surface area (Å²) >= 11 is 9.23. The van der Waals surface area contributed by atoms with Crippen LogP contribution in [-0.4, -0.2) is 36.0 Å². The molecule has 1 aliphatic rings. The molecular formula is C11H14BrClN4O. The third kappa shape index (κ3) is 2.92. The van der Waals surface area contributed by atoms with Crippen LogP contribution in [0.1, 0.15) is 12.8 Å². The molecule has 0 aromatic carbocycles. The lowest BCUT2D eigenvalue weighted by atomic mass is 9.97. The molecule has 1 aliphatic heterocycles. The first-order chi connectivity index (χ1) is 8.61. The fraction of sp³-hybridized carbons (Fsp3) is 0.545.